The van der Waals surface area contributed by atoms with Crippen molar-refractivity contribution in [2.75, 3.05) is 0 Å². The first-order valence-corrected chi connectivity index (χ1v) is 4.75. The highest BCUT2D eigenvalue weighted by Crippen LogP contribution is 2.23. The minimum absolute atomic E-state index is 0.346. The van der Waals surface area contributed by atoms with Gasteiger partial charge in [0.1, 0.15) is 0 Å². The van der Waals surface area contributed by atoms with E-state index in [-0.39, 0.29) is 5.69 Å². The molecule has 1 N–H and O–H groups in total. The van der Waals surface area contributed by atoms with E-state index in [1.807, 2.05) is 0 Å². The van der Waals surface area contributed by atoms with E-state index in [0.29, 0.717) is 5.69 Å². The van der Waals surface area contributed by atoms with Crippen LogP contribution in [0.4, 0.5) is 5.69 Å². The van der Waals surface area contributed by atoms with Crippen molar-refractivity contribution in [3.05, 3.63) is 58.4 Å². The number of carboxylic acids is 1. The topological polar surface area (TPSA) is 85.4 Å². The number of nitro groups is 1. The van der Waals surface area contributed by atoms with Crippen LogP contribution in [-0.4, -0.2) is 20.6 Å². The molecule has 1 aromatic heterocycles. The molecule has 0 radical (unpaired) electrons. The number of aromatic nitrogens is 1. The Morgan fingerprint density at radius 3 is 2.41 bits per heavy atom. The molecule has 6 heteroatoms. The van der Waals surface area contributed by atoms with E-state index >= 15 is 0 Å². The normalized spacial score (nSPS) is 10.1. The molecule has 86 valence electrons. The maximum absolute atomic E-state index is 11.1. The fourth-order valence-electron chi connectivity index (χ4n) is 1.59. The standard InChI is InChI=1S/C11H8N2O4/c14-11(15)10-9(13(16)17)6-7-12(10)8-4-2-1-3-5-8/h1-7H,(H,14,15). The maximum atomic E-state index is 11.1. The summed E-state index contributed by atoms with van der Waals surface area (Å²) < 4.78 is 1.28. The molecule has 0 aliphatic rings. The van der Waals surface area contributed by atoms with Gasteiger partial charge in [0.05, 0.1) is 4.92 Å². The van der Waals surface area contributed by atoms with Gasteiger partial charge in [-0.3, -0.25) is 10.1 Å². The lowest BCUT2D eigenvalue weighted by atomic mass is 10.3. The quantitative estimate of drug-likeness (QED) is 0.648. The van der Waals surface area contributed by atoms with Gasteiger partial charge >= 0.3 is 11.7 Å². The second-order valence-electron chi connectivity index (χ2n) is 3.32. The van der Waals surface area contributed by atoms with Gasteiger partial charge in [-0.2, -0.15) is 0 Å². The molecule has 1 aromatic carbocycles. The van der Waals surface area contributed by atoms with Gasteiger partial charge in [0.25, 0.3) is 0 Å². The summed E-state index contributed by atoms with van der Waals surface area (Å²) in [4.78, 5) is 21.1. The van der Waals surface area contributed by atoms with Gasteiger partial charge in [0.2, 0.25) is 5.69 Å². The highest BCUT2D eigenvalue weighted by molar-refractivity contribution is 5.91. The second-order valence-corrected chi connectivity index (χ2v) is 3.32. The Morgan fingerprint density at radius 2 is 1.88 bits per heavy atom. The third kappa shape index (κ3) is 1.87. The van der Waals surface area contributed by atoms with Crippen LogP contribution in [0.5, 0.6) is 0 Å². The summed E-state index contributed by atoms with van der Waals surface area (Å²) in [6, 6.07) is 9.77. The van der Waals surface area contributed by atoms with E-state index in [2.05, 4.69) is 0 Å². The molecule has 0 saturated carbocycles. The summed E-state index contributed by atoms with van der Waals surface area (Å²) in [6.45, 7) is 0. The van der Waals surface area contributed by atoms with Crippen molar-refractivity contribution in [3.63, 3.8) is 0 Å². The lowest BCUT2D eigenvalue weighted by Crippen LogP contribution is -2.08. The first-order chi connectivity index (χ1) is 8.11. The molecular weight excluding hydrogens is 224 g/mol. The third-order valence-electron chi connectivity index (χ3n) is 2.30. The van der Waals surface area contributed by atoms with Crippen LogP contribution in [0.15, 0.2) is 42.6 Å². The summed E-state index contributed by atoms with van der Waals surface area (Å²) >= 11 is 0. The van der Waals surface area contributed by atoms with Crippen molar-refractivity contribution in [3.8, 4) is 5.69 Å². The van der Waals surface area contributed by atoms with Gasteiger partial charge in [-0.15, -0.1) is 0 Å². The van der Waals surface area contributed by atoms with Gasteiger partial charge in [-0.1, -0.05) is 18.2 Å². The molecule has 1 heterocycles. The fourth-order valence-corrected chi connectivity index (χ4v) is 1.59. The predicted octanol–water partition coefficient (Wildman–Crippen LogP) is 2.08. The number of rotatable bonds is 3. The Labute approximate surface area is 95.9 Å². The SMILES string of the molecule is O=C(O)c1c([N+](=O)[O-])ccn1-c1ccccc1. The van der Waals surface area contributed by atoms with Crippen LogP contribution < -0.4 is 0 Å². The summed E-state index contributed by atoms with van der Waals surface area (Å²) in [6.07, 6.45) is 1.37. The molecule has 0 fully saturated rings. The van der Waals surface area contributed by atoms with E-state index < -0.39 is 16.6 Å². The van der Waals surface area contributed by atoms with Crippen LogP contribution in [-0.2, 0) is 0 Å². The number of hydrogen-bond donors (Lipinski definition) is 1. The van der Waals surface area contributed by atoms with Gasteiger partial charge < -0.3 is 9.67 Å². The van der Waals surface area contributed by atoms with Crippen LogP contribution >= 0.6 is 0 Å². The summed E-state index contributed by atoms with van der Waals surface area (Å²) in [5, 5.41) is 19.7. The number of aromatic carboxylic acids is 1. The Hall–Kier alpha value is -2.63. The number of carboxylic acid groups (broad SMARTS) is 1. The monoisotopic (exact) mass is 232 g/mol. The lowest BCUT2D eigenvalue weighted by Gasteiger charge is -2.04. The summed E-state index contributed by atoms with van der Waals surface area (Å²) in [5.41, 5.74) is -0.194. The number of para-hydroxylation sites is 1. The van der Waals surface area contributed by atoms with Crippen molar-refractivity contribution in [2.24, 2.45) is 0 Å². The maximum Gasteiger partial charge on any atom is 0.360 e. The first kappa shape index (κ1) is 10.9. The summed E-state index contributed by atoms with van der Waals surface area (Å²) in [5.74, 6) is -1.33. The Bertz CT molecular complexity index is 574. The van der Waals surface area contributed by atoms with Gasteiger partial charge in [-0.25, -0.2) is 4.79 Å². The number of benzene rings is 1. The van der Waals surface area contributed by atoms with Crippen molar-refractivity contribution in [2.45, 2.75) is 0 Å². The minimum Gasteiger partial charge on any atom is -0.476 e. The van der Waals surface area contributed by atoms with Crippen LogP contribution in [0.25, 0.3) is 5.69 Å². The van der Waals surface area contributed by atoms with Crippen LogP contribution in [0.2, 0.25) is 0 Å². The van der Waals surface area contributed by atoms with Crippen LogP contribution in [0.1, 0.15) is 10.5 Å². The molecule has 0 atom stereocenters. The lowest BCUT2D eigenvalue weighted by molar-refractivity contribution is -0.385. The molecule has 0 aliphatic heterocycles. The average molecular weight is 232 g/mol. The predicted molar refractivity (Wildman–Crippen MR) is 59.4 cm³/mol. The van der Waals surface area contributed by atoms with Gasteiger partial charge in [0.15, 0.2) is 0 Å². The minimum atomic E-state index is -1.33. The molecule has 2 aromatic rings. The molecule has 0 spiro atoms. The highest BCUT2D eigenvalue weighted by Gasteiger charge is 2.25. The Kier molecular flexibility index (Phi) is 2.61. The number of nitrogens with zero attached hydrogens (tertiary/aromatic N) is 2. The van der Waals surface area contributed by atoms with Crippen molar-refractivity contribution in [1.82, 2.24) is 4.57 Å². The Balaban J connectivity index is 2.64. The molecule has 0 aliphatic carbocycles. The number of hydrogen-bond acceptors (Lipinski definition) is 3. The van der Waals surface area contributed by atoms with Crippen LogP contribution in [0, 0.1) is 10.1 Å². The average Bonchev–Trinajstić information content (AvgIpc) is 2.74. The zero-order valence-electron chi connectivity index (χ0n) is 8.61. The van der Waals surface area contributed by atoms with Gasteiger partial charge in [0, 0.05) is 18.0 Å². The van der Waals surface area contributed by atoms with Gasteiger partial charge in [-0.05, 0) is 12.1 Å². The smallest absolute Gasteiger partial charge is 0.360 e. The van der Waals surface area contributed by atoms with E-state index in [1.165, 1.54) is 16.8 Å². The van der Waals surface area contributed by atoms with E-state index in [1.54, 1.807) is 30.3 Å². The molecule has 17 heavy (non-hydrogen) atoms. The van der Waals surface area contributed by atoms with Crippen molar-refractivity contribution < 1.29 is 14.8 Å². The third-order valence-corrected chi connectivity index (χ3v) is 2.30. The molecule has 0 amide bonds. The zero-order valence-corrected chi connectivity index (χ0v) is 8.61. The van der Waals surface area contributed by atoms with E-state index in [0.717, 1.165) is 0 Å². The molecule has 0 saturated heterocycles. The van der Waals surface area contributed by atoms with E-state index in [9.17, 15) is 14.9 Å². The molecule has 0 bridgehead atoms. The molecule has 0 unspecified atom stereocenters. The first-order valence-electron chi connectivity index (χ1n) is 4.75. The van der Waals surface area contributed by atoms with Crippen LogP contribution in [0.3, 0.4) is 0 Å². The fraction of sp³-hybridized carbons (Fsp3) is 0. The summed E-state index contributed by atoms with van der Waals surface area (Å²) in [7, 11) is 0. The zero-order chi connectivity index (χ0) is 12.4. The molecule has 2 rings (SSSR count). The Morgan fingerprint density at radius 1 is 1.24 bits per heavy atom. The molecule has 6 nitrogen and oxygen atoms in total. The van der Waals surface area contributed by atoms with Crippen molar-refractivity contribution in [1.29, 1.82) is 0 Å². The number of carbonyl (C=O) groups is 1. The van der Waals surface area contributed by atoms with Crippen molar-refractivity contribution >= 4 is 11.7 Å². The second kappa shape index (κ2) is 4.09. The van der Waals surface area contributed by atoms with E-state index in [4.69, 9.17) is 5.11 Å². The molecular formula is C11H8N2O4. The highest BCUT2D eigenvalue weighted by atomic mass is 16.6. The largest absolute Gasteiger partial charge is 0.476 e.